The van der Waals surface area contributed by atoms with E-state index in [0.717, 1.165) is 5.56 Å². The Kier molecular flexibility index (Phi) is 5.11. The van der Waals surface area contributed by atoms with Crippen LogP contribution in [0.25, 0.3) is 0 Å². The van der Waals surface area contributed by atoms with E-state index in [2.05, 4.69) is 5.32 Å². The number of anilines is 1. The quantitative estimate of drug-likeness (QED) is 0.835. The van der Waals surface area contributed by atoms with E-state index >= 15 is 0 Å². The molecule has 1 atom stereocenters. The predicted molar refractivity (Wildman–Crippen MR) is 83.3 cm³/mol. The molecule has 0 saturated carbocycles. The van der Waals surface area contributed by atoms with E-state index in [0.29, 0.717) is 27.3 Å². The average molecular weight is 334 g/mol. The van der Waals surface area contributed by atoms with Crippen LogP contribution >= 0.6 is 34.8 Å². The third-order valence-electron chi connectivity index (χ3n) is 2.84. The smallest absolute Gasteiger partial charge is 0.125 e. The zero-order valence-corrected chi connectivity index (χ0v) is 12.6. The van der Waals surface area contributed by atoms with Crippen molar-refractivity contribution < 1.29 is 4.39 Å². The largest absolute Gasteiger partial charge is 0.376 e. The molecule has 2 aromatic carbocycles. The van der Waals surface area contributed by atoms with Gasteiger partial charge >= 0.3 is 0 Å². The molecule has 106 valence electrons. The summed E-state index contributed by atoms with van der Waals surface area (Å²) in [4.78, 5) is 0. The van der Waals surface area contributed by atoms with Crippen molar-refractivity contribution >= 4 is 40.5 Å². The molecule has 0 heterocycles. The highest BCUT2D eigenvalue weighted by Crippen LogP contribution is 2.29. The van der Waals surface area contributed by atoms with Gasteiger partial charge in [0, 0.05) is 6.54 Å². The molecule has 0 aliphatic carbocycles. The van der Waals surface area contributed by atoms with Gasteiger partial charge in [0.05, 0.1) is 26.8 Å². The molecule has 0 radical (unpaired) electrons. The van der Waals surface area contributed by atoms with Gasteiger partial charge in [0.15, 0.2) is 0 Å². The maximum atomic E-state index is 13.3. The molecule has 2 aromatic rings. The number of hydrogen-bond donors (Lipinski definition) is 2. The van der Waals surface area contributed by atoms with Crippen LogP contribution in [0.3, 0.4) is 0 Å². The summed E-state index contributed by atoms with van der Waals surface area (Å²) in [7, 11) is 0. The van der Waals surface area contributed by atoms with Gasteiger partial charge in [-0.3, -0.25) is 0 Å². The Morgan fingerprint density at radius 1 is 1.00 bits per heavy atom. The normalized spacial score (nSPS) is 12.2. The van der Waals surface area contributed by atoms with Crippen molar-refractivity contribution in [2.75, 3.05) is 11.9 Å². The lowest BCUT2D eigenvalue weighted by molar-refractivity contribution is 0.627. The fraction of sp³-hybridized carbons (Fsp3) is 0.143. The van der Waals surface area contributed by atoms with E-state index in [1.165, 1.54) is 18.2 Å². The SMILES string of the molecule is NCC(Nc1cc(F)ccc1Cl)c1ccc(Cl)c(Cl)c1. The molecule has 0 aliphatic heterocycles. The van der Waals surface area contributed by atoms with Gasteiger partial charge in [-0.2, -0.15) is 0 Å². The average Bonchev–Trinajstić information content (AvgIpc) is 2.43. The van der Waals surface area contributed by atoms with E-state index in [4.69, 9.17) is 40.5 Å². The highest BCUT2D eigenvalue weighted by molar-refractivity contribution is 6.42. The molecule has 2 rings (SSSR count). The number of hydrogen-bond acceptors (Lipinski definition) is 2. The lowest BCUT2D eigenvalue weighted by Gasteiger charge is -2.20. The second-order valence-electron chi connectivity index (χ2n) is 4.23. The summed E-state index contributed by atoms with van der Waals surface area (Å²) in [5.41, 5.74) is 7.08. The molecular weight excluding hydrogens is 322 g/mol. The summed E-state index contributed by atoms with van der Waals surface area (Å²) < 4.78 is 13.3. The molecule has 3 N–H and O–H groups in total. The molecule has 6 heteroatoms. The van der Waals surface area contributed by atoms with E-state index in [1.807, 2.05) is 6.07 Å². The third kappa shape index (κ3) is 3.55. The number of rotatable bonds is 4. The van der Waals surface area contributed by atoms with Crippen LogP contribution < -0.4 is 11.1 Å². The Morgan fingerprint density at radius 2 is 1.70 bits per heavy atom. The molecule has 2 nitrogen and oxygen atoms in total. The standard InChI is InChI=1S/C14H12Cl3FN2/c15-10-3-1-8(5-12(10)17)14(7-19)20-13-6-9(18)2-4-11(13)16/h1-6,14,20H,7,19H2. The predicted octanol–water partition coefficient (Wildman–Crippen LogP) is 4.90. The van der Waals surface area contributed by atoms with Gasteiger partial charge in [-0.1, -0.05) is 40.9 Å². The maximum Gasteiger partial charge on any atom is 0.125 e. The van der Waals surface area contributed by atoms with Crippen LogP contribution in [0.15, 0.2) is 36.4 Å². The molecule has 0 aromatic heterocycles. The molecule has 20 heavy (non-hydrogen) atoms. The number of benzene rings is 2. The van der Waals surface area contributed by atoms with Crippen molar-refractivity contribution in [3.8, 4) is 0 Å². The first-order valence-electron chi connectivity index (χ1n) is 5.88. The van der Waals surface area contributed by atoms with Crippen molar-refractivity contribution in [3.63, 3.8) is 0 Å². The van der Waals surface area contributed by atoms with Crippen molar-refractivity contribution in [3.05, 3.63) is 62.8 Å². The Labute approximate surface area is 131 Å². The molecule has 0 bridgehead atoms. The van der Waals surface area contributed by atoms with Crippen LogP contribution in [0.5, 0.6) is 0 Å². The molecular formula is C14H12Cl3FN2. The van der Waals surface area contributed by atoms with Crippen LogP contribution in [-0.4, -0.2) is 6.54 Å². The molecule has 0 saturated heterocycles. The first kappa shape index (κ1) is 15.4. The third-order valence-corrected chi connectivity index (χ3v) is 3.91. The Bertz CT molecular complexity index is 619. The first-order chi connectivity index (χ1) is 9.51. The van der Waals surface area contributed by atoms with Gasteiger partial charge in [-0.25, -0.2) is 4.39 Å². The summed E-state index contributed by atoms with van der Waals surface area (Å²) in [5.74, 6) is -0.373. The zero-order valence-electron chi connectivity index (χ0n) is 10.3. The Balaban J connectivity index is 2.28. The highest BCUT2D eigenvalue weighted by atomic mass is 35.5. The maximum absolute atomic E-state index is 13.3. The van der Waals surface area contributed by atoms with Crippen LogP contribution in [-0.2, 0) is 0 Å². The van der Waals surface area contributed by atoms with E-state index in [-0.39, 0.29) is 11.9 Å². The summed E-state index contributed by atoms with van der Waals surface area (Å²) in [6.45, 7) is 0.296. The topological polar surface area (TPSA) is 38.0 Å². The van der Waals surface area contributed by atoms with Crippen LogP contribution in [0.2, 0.25) is 15.1 Å². The number of nitrogens with one attached hydrogen (secondary N) is 1. The fourth-order valence-electron chi connectivity index (χ4n) is 1.80. The van der Waals surface area contributed by atoms with Gasteiger partial charge in [0.1, 0.15) is 5.82 Å². The first-order valence-corrected chi connectivity index (χ1v) is 7.01. The van der Waals surface area contributed by atoms with E-state index < -0.39 is 0 Å². The van der Waals surface area contributed by atoms with Crippen molar-refractivity contribution in [2.24, 2.45) is 5.73 Å². The minimum atomic E-state index is -0.373. The van der Waals surface area contributed by atoms with Gasteiger partial charge in [-0.05, 0) is 35.9 Å². The monoisotopic (exact) mass is 332 g/mol. The fourth-order valence-corrected chi connectivity index (χ4v) is 2.28. The minimum Gasteiger partial charge on any atom is -0.376 e. The van der Waals surface area contributed by atoms with Gasteiger partial charge < -0.3 is 11.1 Å². The van der Waals surface area contributed by atoms with Gasteiger partial charge in [0.2, 0.25) is 0 Å². The van der Waals surface area contributed by atoms with Gasteiger partial charge in [0.25, 0.3) is 0 Å². The Morgan fingerprint density at radius 3 is 2.35 bits per heavy atom. The molecule has 0 aliphatic rings. The number of halogens is 4. The van der Waals surface area contributed by atoms with Crippen molar-refractivity contribution in [1.29, 1.82) is 0 Å². The van der Waals surface area contributed by atoms with Crippen LogP contribution in [0.1, 0.15) is 11.6 Å². The summed E-state index contributed by atoms with van der Waals surface area (Å²) in [5, 5.41) is 4.43. The van der Waals surface area contributed by atoms with Crippen LogP contribution in [0.4, 0.5) is 10.1 Å². The summed E-state index contributed by atoms with van der Waals surface area (Å²) in [6, 6.07) is 9.09. The molecule has 0 fully saturated rings. The molecule has 0 spiro atoms. The molecule has 1 unspecified atom stereocenters. The number of nitrogens with two attached hydrogens (primary N) is 1. The summed E-state index contributed by atoms with van der Waals surface area (Å²) >= 11 is 17.9. The summed E-state index contributed by atoms with van der Waals surface area (Å²) in [6.07, 6.45) is 0. The lowest BCUT2D eigenvalue weighted by Crippen LogP contribution is -2.20. The van der Waals surface area contributed by atoms with Crippen LogP contribution in [0, 0.1) is 5.82 Å². The van der Waals surface area contributed by atoms with E-state index in [9.17, 15) is 4.39 Å². The van der Waals surface area contributed by atoms with E-state index in [1.54, 1.807) is 12.1 Å². The lowest BCUT2D eigenvalue weighted by atomic mass is 10.1. The Hall–Kier alpha value is -1.000. The van der Waals surface area contributed by atoms with Crippen molar-refractivity contribution in [1.82, 2.24) is 0 Å². The zero-order chi connectivity index (χ0) is 14.7. The minimum absolute atomic E-state index is 0.246. The van der Waals surface area contributed by atoms with Crippen molar-refractivity contribution in [2.45, 2.75) is 6.04 Å². The second kappa shape index (κ2) is 6.64. The molecule has 0 amide bonds. The highest BCUT2D eigenvalue weighted by Gasteiger charge is 2.13. The second-order valence-corrected chi connectivity index (χ2v) is 5.45. The van der Waals surface area contributed by atoms with Gasteiger partial charge in [-0.15, -0.1) is 0 Å².